The molecule has 6 nitrogen and oxygen atoms in total. The number of alkyl halides is 3. The topological polar surface area (TPSA) is 92.7 Å². The summed E-state index contributed by atoms with van der Waals surface area (Å²) in [4.78, 5) is 34.5. The van der Waals surface area contributed by atoms with Crippen molar-refractivity contribution in [3.05, 3.63) is 29.3 Å². The lowest BCUT2D eigenvalue weighted by atomic mass is 10.1. The van der Waals surface area contributed by atoms with Crippen LogP contribution < -0.4 is 5.32 Å². The molecule has 0 fully saturated rings. The lowest BCUT2D eigenvalue weighted by Crippen LogP contribution is -2.42. The van der Waals surface area contributed by atoms with Crippen molar-refractivity contribution < 1.29 is 37.4 Å². The van der Waals surface area contributed by atoms with Gasteiger partial charge < -0.3 is 15.2 Å². The number of phenols is 1. The molecule has 0 heterocycles. The van der Waals surface area contributed by atoms with Gasteiger partial charge >= 0.3 is 12.1 Å². The summed E-state index contributed by atoms with van der Waals surface area (Å²) in [5, 5.41) is 11.1. The zero-order chi connectivity index (χ0) is 18.5. The molecule has 1 aromatic rings. The summed E-state index contributed by atoms with van der Waals surface area (Å²) >= 11 is 0.555. The number of ether oxygens (including phenoxy) is 1. The van der Waals surface area contributed by atoms with Gasteiger partial charge in [0.15, 0.2) is 0 Å². The van der Waals surface area contributed by atoms with E-state index in [2.05, 4.69) is 10.1 Å². The molecule has 1 amide bonds. The van der Waals surface area contributed by atoms with Crippen molar-refractivity contribution in [2.75, 3.05) is 12.9 Å². The summed E-state index contributed by atoms with van der Waals surface area (Å²) in [6.45, 7) is 1.17. The van der Waals surface area contributed by atoms with Gasteiger partial charge in [-0.15, -0.1) is 0 Å². The molecule has 1 rings (SSSR count). The molecule has 132 valence electrons. The first-order chi connectivity index (χ1) is 11.1. The minimum absolute atomic E-state index is 0.203. The lowest BCUT2D eigenvalue weighted by Gasteiger charge is -2.15. The number of carbonyl (C=O) groups is 3. The van der Waals surface area contributed by atoms with Crippen molar-refractivity contribution in [1.29, 1.82) is 0 Å². The number of rotatable bonds is 5. The van der Waals surface area contributed by atoms with E-state index in [4.69, 9.17) is 0 Å². The molecule has 24 heavy (non-hydrogen) atoms. The van der Waals surface area contributed by atoms with Crippen molar-refractivity contribution >= 4 is 28.8 Å². The van der Waals surface area contributed by atoms with Gasteiger partial charge in [-0.1, -0.05) is 11.8 Å². The zero-order valence-electron chi connectivity index (χ0n) is 12.6. The van der Waals surface area contributed by atoms with E-state index < -0.39 is 40.5 Å². The number of phenolic OH excluding ortho intramolecular Hbond substituents is 1. The summed E-state index contributed by atoms with van der Waals surface area (Å²) in [7, 11) is 1.10. The number of hydrogen-bond donors (Lipinski definition) is 2. The van der Waals surface area contributed by atoms with E-state index in [-0.39, 0.29) is 11.3 Å². The third-order valence-corrected chi connectivity index (χ3v) is 3.77. The van der Waals surface area contributed by atoms with Gasteiger partial charge in [0.25, 0.3) is 0 Å². The number of nitrogens with one attached hydrogen (secondary N) is 1. The van der Waals surface area contributed by atoms with E-state index in [1.165, 1.54) is 6.92 Å². The molecule has 0 aliphatic rings. The number of amides is 1. The molecular formula is C14H14F3NO5S. The van der Waals surface area contributed by atoms with Crippen LogP contribution in [0.2, 0.25) is 0 Å². The minimum atomic E-state index is -4.65. The van der Waals surface area contributed by atoms with Gasteiger partial charge in [0.1, 0.15) is 11.8 Å². The summed E-state index contributed by atoms with van der Waals surface area (Å²) in [6.07, 6.45) is -4.65. The fourth-order valence-electron chi connectivity index (χ4n) is 1.67. The van der Waals surface area contributed by atoms with E-state index in [0.717, 1.165) is 13.2 Å². The van der Waals surface area contributed by atoms with Crippen LogP contribution in [0, 0.1) is 0 Å². The van der Waals surface area contributed by atoms with E-state index in [1.807, 2.05) is 0 Å². The van der Waals surface area contributed by atoms with Crippen LogP contribution in [0.3, 0.4) is 0 Å². The van der Waals surface area contributed by atoms with Gasteiger partial charge in [-0.25, -0.2) is 4.79 Å². The molecule has 2 N–H and O–H groups in total. The minimum Gasteiger partial charge on any atom is -0.507 e. The zero-order valence-corrected chi connectivity index (χ0v) is 13.5. The number of hydrogen-bond acceptors (Lipinski definition) is 6. The Morgan fingerprint density at radius 2 is 1.96 bits per heavy atom. The molecule has 0 radical (unpaired) electrons. The van der Waals surface area contributed by atoms with Crippen molar-refractivity contribution in [1.82, 2.24) is 5.32 Å². The number of esters is 1. The Morgan fingerprint density at radius 1 is 1.33 bits per heavy atom. The lowest BCUT2D eigenvalue weighted by molar-refractivity contribution is -0.144. The fourth-order valence-corrected chi connectivity index (χ4v) is 2.54. The standard InChI is InChI=1S/C14H14F3NO5S/c1-7(19)18-10(12(21)23-2)6-24-13(22)9-4-3-8(5-11(9)20)14(15,16)17/h3-5,10,20H,6H2,1-2H3,(H,18,19)/t10-/m0/s1. The van der Waals surface area contributed by atoms with Crippen LogP contribution in [0.1, 0.15) is 22.8 Å². The number of carbonyl (C=O) groups excluding carboxylic acids is 3. The molecule has 0 saturated heterocycles. The molecule has 10 heteroatoms. The first-order valence-corrected chi connectivity index (χ1v) is 7.47. The summed E-state index contributed by atoms with van der Waals surface area (Å²) in [5.41, 5.74) is -1.42. The Hall–Kier alpha value is -2.23. The van der Waals surface area contributed by atoms with Crippen LogP contribution in [0.15, 0.2) is 18.2 Å². The van der Waals surface area contributed by atoms with E-state index in [1.54, 1.807) is 0 Å². The maximum absolute atomic E-state index is 12.5. The molecule has 1 atom stereocenters. The number of thioether (sulfide) groups is 1. The van der Waals surface area contributed by atoms with Crippen LogP contribution in [-0.4, -0.2) is 41.0 Å². The normalized spacial score (nSPS) is 12.4. The Bertz CT molecular complexity index is 648. The van der Waals surface area contributed by atoms with Gasteiger partial charge in [-0.2, -0.15) is 13.2 Å². The SMILES string of the molecule is COC(=O)[C@H](CSC(=O)c1ccc(C(F)(F)F)cc1O)NC(C)=O. The van der Waals surface area contributed by atoms with Crippen LogP contribution in [-0.2, 0) is 20.5 Å². The van der Waals surface area contributed by atoms with Gasteiger partial charge in [-0.05, 0) is 18.2 Å². The molecule has 0 bridgehead atoms. The average Bonchev–Trinajstić information content (AvgIpc) is 2.48. The summed E-state index contributed by atoms with van der Waals surface area (Å²) < 4.78 is 42.0. The number of aromatic hydroxyl groups is 1. The van der Waals surface area contributed by atoms with Crippen molar-refractivity contribution in [2.24, 2.45) is 0 Å². The van der Waals surface area contributed by atoms with Crippen LogP contribution >= 0.6 is 11.8 Å². The third kappa shape index (κ3) is 5.44. The predicted molar refractivity (Wildman–Crippen MR) is 79.5 cm³/mol. The van der Waals surface area contributed by atoms with Crippen LogP contribution in [0.5, 0.6) is 5.75 Å². The molecule has 1 aromatic carbocycles. The summed E-state index contributed by atoms with van der Waals surface area (Å²) in [5.74, 6) is -2.32. The van der Waals surface area contributed by atoms with Crippen LogP contribution in [0.25, 0.3) is 0 Å². The molecule has 0 aliphatic carbocycles. The van der Waals surface area contributed by atoms with Gasteiger partial charge in [0.2, 0.25) is 11.0 Å². The molecule has 0 aromatic heterocycles. The van der Waals surface area contributed by atoms with Crippen molar-refractivity contribution in [2.45, 2.75) is 19.1 Å². The van der Waals surface area contributed by atoms with Crippen molar-refractivity contribution in [3.8, 4) is 5.75 Å². The smallest absolute Gasteiger partial charge is 0.416 e. The maximum Gasteiger partial charge on any atom is 0.416 e. The highest BCUT2D eigenvalue weighted by molar-refractivity contribution is 8.14. The highest BCUT2D eigenvalue weighted by atomic mass is 32.2. The van der Waals surface area contributed by atoms with Crippen LogP contribution in [0.4, 0.5) is 13.2 Å². The van der Waals surface area contributed by atoms with Gasteiger partial charge in [0, 0.05) is 12.7 Å². The molecule has 0 aliphatic heterocycles. The molecule has 0 unspecified atom stereocenters. The molecule has 0 spiro atoms. The second kappa shape index (κ2) is 8.04. The van der Waals surface area contributed by atoms with Crippen molar-refractivity contribution in [3.63, 3.8) is 0 Å². The second-order valence-corrected chi connectivity index (χ2v) is 5.60. The molecular weight excluding hydrogens is 351 g/mol. The number of halogens is 3. The monoisotopic (exact) mass is 365 g/mol. The Balaban J connectivity index is 2.84. The number of benzene rings is 1. The van der Waals surface area contributed by atoms with E-state index in [0.29, 0.717) is 23.9 Å². The summed E-state index contributed by atoms with van der Waals surface area (Å²) in [6, 6.07) is 0.857. The average molecular weight is 365 g/mol. The first kappa shape index (κ1) is 19.8. The van der Waals surface area contributed by atoms with E-state index >= 15 is 0 Å². The van der Waals surface area contributed by atoms with E-state index in [9.17, 15) is 32.7 Å². The maximum atomic E-state index is 12.5. The largest absolute Gasteiger partial charge is 0.507 e. The predicted octanol–water partition coefficient (Wildman–Crippen LogP) is 1.96. The second-order valence-electron chi connectivity index (χ2n) is 4.60. The number of methoxy groups -OCH3 is 1. The molecule has 0 saturated carbocycles. The Kier molecular flexibility index (Phi) is 6.64. The quantitative estimate of drug-likeness (QED) is 0.775. The first-order valence-electron chi connectivity index (χ1n) is 6.48. The third-order valence-electron chi connectivity index (χ3n) is 2.79. The van der Waals surface area contributed by atoms with Gasteiger partial charge in [-0.3, -0.25) is 9.59 Å². The Morgan fingerprint density at radius 3 is 2.42 bits per heavy atom. The highest BCUT2D eigenvalue weighted by Gasteiger charge is 2.32. The fraction of sp³-hybridized carbons (Fsp3) is 0.357. The highest BCUT2D eigenvalue weighted by Crippen LogP contribution is 2.33. The van der Waals surface area contributed by atoms with Gasteiger partial charge in [0.05, 0.1) is 18.2 Å². The Labute approximate surface area is 139 Å².